The molecule has 7 heteroatoms. The van der Waals surface area contributed by atoms with Gasteiger partial charge in [0.2, 0.25) is 15.9 Å². The topological polar surface area (TPSA) is 88.4 Å². The van der Waals surface area contributed by atoms with Crippen molar-refractivity contribution in [3.63, 3.8) is 0 Å². The molecule has 0 saturated heterocycles. The molecule has 0 atom stereocenters. The van der Waals surface area contributed by atoms with Crippen LogP contribution in [0.4, 0.5) is 5.69 Å². The molecule has 0 unspecified atom stereocenters. The van der Waals surface area contributed by atoms with Crippen molar-refractivity contribution in [2.75, 3.05) is 5.32 Å². The van der Waals surface area contributed by atoms with Gasteiger partial charge in [-0.05, 0) is 48.4 Å². The third-order valence-electron chi connectivity index (χ3n) is 4.23. The monoisotopic (exact) mass is 410 g/mol. The van der Waals surface area contributed by atoms with E-state index in [2.05, 4.69) is 10.0 Å². The van der Waals surface area contributed by atoms with Crippen molar-refractivity contribution < 1.29 is 17.6 Å². The van der Waals surface area contributed by atoms with Crippen LogP contribution in [-0.2, 0) is 27.8 Å². The third kappa shape index (κ3) is 5.66. The van der Waals surface area contributed by atoms with Gasteiger partial charge in [0.25, 0.3) is 0 Å². The zero-order valence-corrected chi connectivity index (χ0v) is 16.8. The smallest absolute Gasteiger partial charge is 0.248 e. The van der Waals surface area contributed by atoms with Gasteiger partial charge in [-0.2, -0.15) is 0 Å². The van der Waals surface area contributed by atoms with Crippen molar-refractivity contribution in [2.45, 2.75) is 24.8 Å². The van der Waals surface area contributed by atoms with Crippen molar-refractivity contribution in [2.24, 2.45) is 0 Å². The number of amides is 1. The maximum Gasteiger partial charge on any atom is 0.248 e. The molecule has 2 N–H and O–H groups in total. The average Bonchev–Trinajstić information content (AvgIpc) is 3.20. The zero-order valence-electron chi connectivity index (χ0n) is 16.0. The number of aryl methyl sites for hydroxylation is 1. The van der Waals surface area contributed by atoms with E-state index in [4.69, 9.17) is 4.42 Å². The fourth-order valence-corrected chi connectivity index (χ4v) is 3.73. The molecule has 1 heterocycles. The summed E-state index contributed by atoms with van der Waals surface area (Å²) in [5.41, 5.74) is 1.83. The largest absolute Gasteiger partial charge is 0.460 e. The highest BCUT2D eigenvalue weighted by molar-refractivity contribution is 7.89. The molecule has 0 aliphatic heterocycles. The number of hydrogen-bond acceptors (Lipinski definition) is 4. The van der Waals surface area contributed by atoms with Gasteiger partial charge in [0.15, 0.2) is 0 Å². The molecule has 3 rings (SSSR count). The summed E-state index contributed by atoms with van der Waals surface area (Å²) >= 11 is 0. The van der Waals surface area contributed by atoms with E-state index >= 15 is 0 Å². The first-order valence-electron chi connectivity index (χ1n) is 9.18. The molecule has 2 aromatic carbocycles. The maximum absolute atomic E-state index is 12.2. The van der Waals surface area contributed by atoms with E-state index < -0.39 is 10.0 Å². The molecule has 3 aromatic rings. The lowest BCUT2D eigenvalue weighted by Crippen LogP contribution is -2.22. The van der Waals surface area contributed by atoms with Crippen LogP contribution < -0.4 is 10.0 Å². The van der Waals surface area contributed by atoms with Gasteiger partial charge < -0.3 is 9.73 Å². The molecule has 0 radical (unpaired) electrons. The summed E-state index contributed by atoms with van der Waals surface area (Å²) in [7, 11) is -3.61. The fraction of sp³-hybridized carbons (Fsp3) is 0.136. The number of para-hydroxylation sites is 1. The summed E-state index contributed by atoms with van der Waals surface area (Å²) < 4.78 is 32.5. The van der Waals surface area contributed by atoms with Gasteiger partial charge in [-0.3, -0.25) is 4.79 Å². The quantitative estimate of drug-likeness (QED) is 0.550. The standard InChI is InChI=1S/C22H22N2O4S/c1-2-17-8-6-7-11-21(17)24-22(25)15-14-18-12-13-19(28-18)16-23-29(26,27)20-9-4-3-5-10-20/h3-15,23H,2,16H2,1H3,(H,24,25)/b15-14+. The third-order valence-corrected chi connectivity index (χ3v) is 5.64. The van der Waals surface area contributed by atoms with E-state index in [1.807, 2.05) is 31.2 Å². The minimum atomic E-state index is -3.61. The molecule has 0 fully saturated rings. The summed E-state index contributed by atoms with van der Waals surface area (Å²) in [5.74, 6) is 0.632. The van der Waals surface area contributed by atoms with Crippen LogP contribution in [0.2, 0.25) is 0 Å². The molecule has 29 heavy (non-hydrogen) atoms. The Labute approximate surface area is 170 Å². The predicted molar refractivity (Wildman–Crippen MR) is 113 cm³/mol. The lowest BCUT2D eigenvalue weighted by molar-refractivity contribution is -0.111. The molecule has 0 bridgehead atoms. The summed E-state index contributed by atoms with van der Waals surface area (Å²) in [6.07, 6.45) is 3.74. The molecule has 0 aliphatic rings. The van der Waals surface area contributed by atoms with Crippen molar-refractivity contribution in [1.82, 2.24) is 4.72 Å². The number of sulfonamides is 1. The average molecular weight is 410 g/mol. The summed E-state index contributed by atoms with van der Waals surface area (Å²) in [5, 5.41) is 2.84. The molecule has 0 spiro atoms. The van der Waals surface area contributed by atoms with Gasteiger partial charge in [-0.25, -0.2) is 13.1 Å². The molecular weight excluding hydrogens is 388 g/mol. The molecule has 0 saturated carbocycles. The first-order valence-corrected chi connectivity index (χ1v) is 10.7. The summed E-state index contributed by atoms with van der Waals surface area (Å²) in [4.78, 5) is 12.3. The Morgan fingerprint density at radius 3 is 2.48 bits per heavy atom. The molecule has 150 valence electrons. The van der Waals surface area contributed by atoms with Gasteiger partial charge in [0.1, 0.15) is 11.5 Å². The van der Waals surface area contributed by atoms with E-state index in [1.54, 1.807) is 36.4 Å². The van der Waals surface area contributed by atoms with Crippen molar-refractivity contribution in [1.29, 1.82) is 0 Å². The molecular formula is C22H22N2O4S. The predicted octanol–water partition coefficient (Wildman–Crippen LogP) is 3.97. The lowest BCUT2D eigenvalue weighted by Gasteiger charge is -2.07. The highest BCUT2D eigenvalue weighted by Crippen LogP contribution is 2.16. The molecule has 0 aliphatic carbocycles. The van der Waals surface area contributed by atoms with E-state index in [1.165, 1.54) is 18.2 Å². The normalized spacial score (nSPS) is 11.6. The molecule has 1 aromatic heterocycles. The van der Waals surface area contributed by atoms with Gasteiger partial charge in [-0.15, -0.1) is 0 Å². The van der Waals surface area contributed by atoms with Gasteiger partial charge in [0.05, 0.1) is 11.4 Å². The van der Waals surface area contributed by atoms with E-state index in [-0.39, 0.29) is 17.3 Å². The Kier molecular flexibility index (Phi) is 6.64. The van der Waals surface area contributed by atoms with E-state index in [0.717, 1.165) is 17.7 Å². The van der Waals surface area contributed by atoms with Crippen LogP contribution in [0.15, 0.2) is 82.1 Å². The number of nitrogens with one attached hydrogen (secondary N) is 2. The number of furan rings is 1. The Bertz CT molecular complexity index is 1100. The van der Waals surface area contributed by atoms with Crippen LogP contribution in [0, 0.1) is 0 Å². The van der Waals surface area contributed by atoms with Crippen LogP contribution >= 0.6 is 0 Å². The van der Waals surface area contributed by atoms with E-state index in [9.17, 15) is 13.2 Å². The lowest BCUT2D eigenvalue weighted by atomic mass is 10.1. The first kappa shape index (κ1) is 20.6. The molecule has 6 nitrogen and oxygen atoms in total. The van der Waals surface area contributed by atoms with E-state index in [0.29, 0.717) is 11.5 Å². The maximum atomic E-state index is 12.2. The van der Waals surface area contributed by atoms with Crippen LogP contribution in [0.25, 0.3) is 6.08 Å². The number of carbonyl (C=O) groups excluding carboxylic acids is 1. The van der Waals surface area contributed by atoms with Crippen LogP contribution in [-0.4, -0.2) is 14.3 Å². The number of carbonyl (C=O) groups is 1. The second-order valence-electron chi connectivity index (χ2n) is 6.27. The number of rotatable bonds is 8. The SMILES string of the molecule is CCc1ccccc1NC(=O)/C=C/c1ccc(CNS(=O)(=O)c2ccccc2)o1. The Hall–Kier alpha value is -3.16. The Morgan fingerprint density at radius 1 is 1.00 bits per heavy atom. The van der Waals surface area contributed by atoms with Crippen LogP contribution in [0.1, 0.15) is 24.0 Å². The fourth-order valence-electron chi connectivity index (χ4n) is 2.71. The Balaban J connectivity index is 1.58. The second-order valence-corrected chi connectivity index (χ2v) is 8.04. The zero-order chi connectivity index (χ0) is 20.7. The van der Waals surface area contributed by atoms with Gasteiger partial charge >= 0.3 is 0 Å². The summed E-state index contributed by atoms with van der Waals surface area (Å²) in [6.45, 7) is 2.04. The minimum absolute atomic E-state index is 0.0150. The highest BCUT2D eigenvalue weighted by atomic mass is 32.2. The number of hydrogen-bond donors (Lipinski definition) is 2. The molecule has 1 amide bonds. The minimum Gasteiger partial charge on any atom is -0.460 e. The van der Waals surface area contributed by atoms with Gasteiger partial charge in [-0.1, -0.05) is 43.3 Å². The van der Waals surface area contributed by atoms with Crippen molar-refractivity contribution >= 4 is 27.7 Å². The van der Waals surface area contributed by atoms with Gasteiger partial charge in [0, 0.05) is 11.8 Å². The second kappa shape index (κ2) is 9.36. The summed E-state index contributed by atoms with van der Waals surface area (Å²) in [6, 6.07) is 19.1. The van der Waals surface area contributed by atoms with Crippen LogP contribution in [0.3, 0.4) is 0 Å². The van der Waals surface area contributed by atoms with Crippen molar-refractivity contribution in [3.05, 3.63) is 89.9 Å². The van der Waals surface area contributed by atoms with Crippen molar-refractivity contribution in [3.8, 4) is 0 Å². The number of benzene rings is 2. The number of anilines is 1. The van der Waals surface area contributed by atoms with Crippen LogP contribution in [0.5, 0.6) is 0 Å². The highest BCUT2D eigenvalue weighted by Gasteiger charge is 2.13. The first-order chi connectivity index (χ1) is 14.0. The Morgan fingerprint density at radius 2 is 1.72 bits per heavy atom.